The van der Waals surface area contributed by atoms with Gasteiger partial charge in [0.15, 0.2) is 0 Å². The summed E-state index contributed by atoms with van der Waals surface area (Å²) < 4.78 is 14.6. The summed E-state index contributed by atoms with van der Waals surface area (Å²) in [5, 5.41) is 7.32. The number of nitrogens with two attached hydrogens (primary N) is 1. The van der Waals surface area contributed by atoms with Crippen LogP contribution in [-0.4, -0.2) is 59.0 Å². The van der Waals surface area contributed by atoms with E-state index in [0.717, 1.165) is 24.4 Å². The summed E-state index contributed by atoms with van der Waals surface area (Å²) in [4.78, 5) is 8.00. The first kappa shape index (κ1) is 17.0. The first-order valence-electron chi connectivity index (χ1n) is 8.04. The van der Waals surface area contributed by atoms with Crippen LogP contribution in [0.15, 0.2) is 24.3 Å². The molecule has 2 aromatic rings. The van der Waals surface area contributed by atoms with Gasteiger partial charge in [-0.2, -0.15) is 4.98 Å². The Bertz CT molecular complexity index is 661. The van der Waals surface area contributed by atoms with E-state index in [0.29, 0.717) is 12.5 Å². The molecule has 24 heavy (non-hydrogen) atoms. The van der Waals surface area contributed by atoms with E-state index in [1.807, 2.05) is 36.2 Å². The molecule has 2 atom stereocenters. The number of nitrogen functional groups attached to an aromatic ring is 1. The normalized spacial score (nSPS) is 21.4. The number of likely N-dealkylation sites (N-methyl/N-ethyl adjacent to an activating group) is 1. The van der Waals surface area contributed by atoms with Gasteiger partial charge in [0.2, 0.25) is 11.9 Å². The summed E-state index contributed by atoms with van der Waals surface area (Å²) in [6, 6.07) is 7.70. The van der Waals surface area contributed by atoms with Crippen molar-refractivity contribution in [2.45, 2.75) is 25.1 Å². The van der Waals surface area contributed by atoms with Crippen LogP contribution in [-0.2, 0) is 6.42 Å². The van der Waals surface area contributed by atoms with Gasteiger partial charge in [0.1, 0.15) is 6.17 Å². The Morgan fingerprint density at radius 2 is 2.17 bits per heavy atom. The van der Waals surface area contributed by atoms with Crippen molar-refractivity contribution in [3.05, 3.63) is 34.9 Å². The molecule has 1 saturated heterocycles. The molecule has 1 aliphatic heterocycles. The highest BCUT2D eigenvalue weighted by molar-refractivity contribution is 6.30. The fraction of sp³-hybridized carbons (Fsp3) is 0.500. The van der Waals surface area contributed by atoms with E-state index in [4.69, 9.17) is 17.3 Å². The molecule has 0 aliphatic carbocycles. The number of benzene rings is 1. The van der Waals surface area contributed by atoms with E-state index in [2.05, 4.69) is 20.1 Å². The number of piperidine rings is 1. The number of nitrogens with one attached hydrogen (secondary N) is 1. The van der Waals surface area contributed by atoms with Crippen LogP contribution in [0.1, 0.15) is 12.0 Å². The van der Waals surface area contributed by atoms with Gasteiger partial charge in [0, 0.05) is 24.2 Å². The van der Waals surface area contributed by atoms with Gasteiger partial charge in [-0.3, -0.25) is 0 Å². The number of aromatic nitrogens is 3. The second-order valence-electron chi connectivity index (χ2n) is 6.20. The number of hydrogen-bond acceptors (Lipinski definition) is 5. The Balaban J connectivity index is 1.52. The Labute approximate surface area is 145 Å². The maximum absolute atomic E-state index is 14.6. The third-order valence-electron chi connectivity index (χ3n) is 4.51. The van der Waals surface area contributed by atoms with Crippen molar-refractivity contribution in [2.75, 3.05) is 37.3 Å². The first-order chi connectivity index (χ1) is 11.5. The molecule has 1 fully saturated rings. The molecule has 1 aromatic heterocycles. The highest BCUT2D eigenvalue weighted by Crippen LogP contribution is 2.22. The van der Waals surface area contributed by atoms with Crippen molar-refractivity contribution in [3.8, 4) is 0 Å². The zero-order chi connectivity index (χ0) is 17.1. The molecule has 2 heterocycles. The summed E-state index contributed by atoms with van der Waals surface area (Å²) in [5.41, 5.74) is 6.74. The minimum atomic E-state index is -0.950. The maximum Gasteiger partial charge on any atom is 0.246 e. The molecule has 3 rings (SSSR count). The van der Waals surface area contributed by atoms with Gasteiger partial charge in [0.25, 0.3) is 0 Å². The smallest absolute Gasteiger partial charge is 0.246 e. The van der Waals surface area contributed by atoms with Gasteiger partial charge in [-0.15, -0.1) is 5.10 Å². The number of halogens is 2. The second-order valence-corrected chi connectivity index (χ2v) is 6.63. The Hall–Kier alpha value is -1.86. The van der Waals surface area contributed by atoms with E-state index in [-0.39, 0.29) is 18.5 Å². The molecule has 8 heteroatoms. The molecular weight excluding hydrogens is 331 g/mol. The summed E-state index contributed by atoms with van der Waals surface area (Å²) in [6.45, 7) is 1.81. The fourth-order valence-corrected chi connectivity index (χ4v) is 3.23. The minimum absolute atomic E-state index is 0.0927. The third kappa shape index (κ3) is 3.96. The van der Waals surface area contributed by atoms with Gasteiger partial charge in [0.05, 0.1) is 6.54 Å². The second kappa shape index (κ2) is 7.36. The van der Waals surface area contributed by atoms with E-state index >= 15 is 0 Å². The standard InChI is InChI=1S/C16H22ClFN6/c1-23(8-6-11-2-4-12(17)5-3-11)14-7-9-24(10-13(14)18)16-20-15(19)21-22-16/h2-5,13-14H,6-10H2,1H3,(H3,19,20,21,22). The number of anilines is 2. The number of rotatable bonds is 5. The fourth-order valence-electron chi connectivity index (χ4n) is 3.10. The number of alkyl halides is 1. The molecule has 0 saturated carbocycles. The van der Waals surface area contributed by atoms with E-state index in [1.165, 1.54) is 5.56 Å². The summed E-state index contributed by atoms with van der Waals surface area (Å²) in [6.07, 6.45) is 0.652. The van der Waals surface area contributed by atoms with E-state index in [9.17, 15) is 4.39 Å². The van der Waals surface area contributed by atoms with Crippen LogP contribution in [0.2, 0.25) is 5.02 Å². The summed E-state index contributed by atoms with van der Waals surface area (Å²) >= 11 is 5.90. The maximum atomic E-state index is 14.6. The quantitative estimate of drug-likeness (QED) is 0.862. The van der Waals surface area contributed by atoms with Crippen LogP contribution in [0, 0.1) is 0 Å². The van der Waals surface area contributed by atoms with Crippen molar-refractivity contribution in [2.24, 2.45) is 0 Å². The lowest BCUT2D eigenvalue weighted by molar-refractivity contribution is 0.116. The van der Waals surface area contributed by atoms with Crippen LogP contribution in [0.3, 0.4) is 0 Å². The van der Waals surface area contributed by atoms with Gasteiger partial charge >= 0.3 is 0 Å². The van der Waals surface area contributed by atoms with Gasteiger partial charge in [-0.1, -0.05) is 23.7 Å². The van der Waals surface area contributed by atoms with Crippen molar-refractivity contribution < 1.29 is 4.39 Å². The largest absolute Gasteiger partial charge is 0.368 e. The van der Waals surface area contributed by atoms with Crippen molar-refractivity contribution in [1.82, 2.24) is 20.1 Å². The minimum Gasteiger partial charge on any atom is -0.368 e. The molecule has 0 spiro atoms. The molecule has 2 unspecified atom stereocenters. The topological polar surface area (TPSA) is 74.1 Å². The van der Waals surface area contributed by atoms with E-state index < -0.39 is 6.17 Å². The van der Waals surface area contributed by atoms with Crippen molar-refractivity contribution in [3.63, 3.8) is 0 Å². The number of H-pyrrole nitrogens is 1. The molecule has 1 aromatic carbocycles. The lowest BCUT2D eigenvalue weighted by Crippen LogP contribution is -2.52. The number of nitrogens with zero attached hydrogens (tertiary/aromatic N) is 4. The molecule has 6 nitrogen and oxygen atoms in total. The number of aromatic amines is 1. The zero-order valence-corrected chi connectivity index (χ0v) is 14.4. The van der Waals surface area contributed by atoms with Crippen LogP contribution < -0.4 is 10.6 Å². The molecule has 3 N–H and O–H groups in total. The highest BCUT2D eigenvalue weighted by Gasteiger charge is 2.33. The van der Waals surface area contributed by atoms with Crippen LogP contribution in [0.5, 0.6) is 0 Å². The van der Waals surface area contributed by atoms with Gasteiger partial charge < -0.3 is 15.5 Å². The molecule has 0 radical (unpaired) electrons. The SMILES string of the molecule is CN(CCc1ccc(Cl)cc1)C1CCN(c2n[nH]c(N)n2)CC1F. The molecule has 0 amide bonds. The first-order valence-corrected chi connectivity index (χ1v) is 8.42. The Morgan fingerprint density at radius 3 is 2.79 bits per heavy atom. The van der Waals surface area contributed by atoms with E-state index in [1.54, 1.807) is 0 Å². The zero-order valence-electron chi connectivity index (χ0n) is 13.6. The third-order valence-corrected chi connectivity index (χ3v) is 4.77. The molecule has 1 aliphatic rings. The molecule has 0 bridgehead atoms. The Morgan fingerprint density at radius 1 is 1.42 bits per heavy atom. The molecular formula is C16H22ClFN6. The average molecular weight is 353 g/mol. The van der Waals surface area contributed by atoms with Gasteiger partial charge in [-0.05, 0) is 37.6 Å². The summed E-state index contributed by atoms with van der Waals surface area (Å²) in [5.74, 6) is 0.722. The Kier molecular flexibility index (Phi) is 5.20. The monoisotopic (exact) mass is 352 g/mol. The van der Waals surface area contributed by atoms with Crippen LogP contribution >= 0.6 is 11.6 Å². The van der Waals surface area contributed by atoms with Crippen molar-refractivity contribution >= 4 is 23.5 Å². The highest BCUT2D eigenvalue weighted by atomic mass is 35.5. The lowest BCUT2D eigenvalue weighted by atomic mass is 10.0. The predicted molar refractivity (Wildman–Crippen MR) is 94.1 cm³/mol. The summed E-state index contributed by atoms with van der Waals surface area (Å²) in [7, 11) is 1.98. The average Bonchev–Trinajstić information content (AvgIpc) is 3.00. The van der Waals surface area contributed by atoms with Crippen LogP contribution in [0.25, 0.3) is 0 Å². The van der Waals surface area contributed by atoms with Crippen LogP contribution in [0.4, 0.5) is 16.3 Å². The van der Waals surface area contributed by atoms with Gasteiger partial charge in [-0.25, -0.2) is 9.49 Å². The predicted octanol–water partition coefficient (Wildman–Crippen LogP) is 2.13. The molecule has 130 valence electrons. The lowest BCUT2D eigenvalue weighted by Gasteiger charge is -2.38. The van der Waals surface area contributed by atoms with Crippen molar-refractivity contribution in [1.29, 1.82) is 0 Å². The number of hydrogen-bond donors (Lipinski definition) is 2.